The van der Waals surface area contributed by atoms with Crippen LogP contribution in [0.5, 0.6) is 0 Å². The van der Waals surface area contributed by atoms with Gasteiger partial charge < -0.3 is 15.0 Å². The number of benzene rings is 1. The molecule has 0 radical (unpaired) electrons. The highest BCUT2D eigenvalue weighted by Gasteiger charge is 2.36. The normalized spacial score (nSPS) is 24.9. The van der Waals surface area contributed by atoms with Gasteiger partial charge in [0.1, 0.15) is 0 Å². The van der Waals surface area contributed by atoms with Gasteiger partial charge in [0.25, 0.3) is 0 Å². The Morgan fingerprint density at radius 3 is 2.74 bits per heavy atom. The molecule has 0 aliphatic carbocycles. The standard InChI is InChI=1S/C21H31N3O3/c1-15-5-4-6-17(11-15)13-24-16(2)21(26)23(3)14-19(24)12-22-20(25)18-7-9-27-10-8-18/h4-6,11,16,18-19H,7-10,12-14H2,1-3H3,(H,22,25)/t16-,19+/m0/s1. The van der Waals surface area contributed by atoms with Gasteiger partial charge in [0.2, 0.25) is 11.8 Å². The molecule has 2 atom stereocenters. The van der Waals surface area contributed by atoms with E-state index in [1.54, 1.807) is 4.90 Å². The zero-order chi connectivity index (χ0) is 19.4. The molecule has 3 rings (SSSR count). The summed E-state index contributed by atoms with van der Waals surface area (Å²) in [5.41, 5.74) is 2.41. The number of likely N-dealkylation sites (N-methyl/N-ethyl adjacent to an activating group) is 1. The molecular weight excluding hydrogens is 342 g/mol. The second-order valence-electron chi connectivity index (χ2n) is 7.84. The maximum atomic E-state index is 12.5. The lowest BCUT2D eigenvalue weighted by Gasteiger charge is -2.44. The number of hydrogen-bond donors (Lipinski definition) is 1. The molecular formula is C21H31N3O3. The van der Waals surface area contributed by atoms with Gasteiger partial charge in [-0.05, 0) is 32.3 Å². The Morgan fingerprint density at radius 1 is 1.30 bits per heavy atom. The Kier molecular flexibility index (Phi) is 6.50. The minimum Gasteiger partial charge on any atom is -0.381 e. The van der Waals surface area contributed by atoms with Gasteiger partial charge in [-0.1, -0.05) is 29.8 Å². The first kappa shape index (κ1) is 19.8. The van der Waals surface area contributed by atoms with Crippen LogP contribution < -0.4 is 5.32 Å². The van der Waals surface area contributed by atoms with Crippen molar-refractivity contribution in [3.63, 3.8) is 0 Å². The average Bonchev–Trinajstić information content (AvgIpc) is 2.67. The summed E-state index contributed by atoms with van der Waals surface area (Å²) in [4.78, 5) is 29.0. The van der Waals surface area contributed by atoms with Crippen molar-refractivity contribution in [2.24, 2.45) is 5.92 Å². The Bertz CT molecular complexity index is 672. The molecule has 148 valence electrons. The van der Waals surface area contributed by atoms with E-state index >= 15 is 0 Å². The zero-order valence-electron chi connectivity index (χ0n) is 16.6. The number of ether oxygens (including phenoxy) is 1. The van der Waals surface area contributed by atoms with Crippen LogP contribution in [0.3, 0.4) is 0 Å². The highest BCUT2D eigenvalue weighted by atomic mass is 16.5. The predicted molar refractivity (Wildman–Crippen MR) is 104 cm³/mol. The van der Waals surface area contributed by atoms with Crippen LogP contribution in [0, 0.1) is 12.8 Å². The van der Waals surface area contributed by atoms with Crippen molar-refractivity contribution in [1.29, 1.82) is 0 Å². The fraction of sp³-hybridized carbons (Fsp3) is 0.619. The number of aryl methyl sites for hydroxylation is 1. The number of carbonyl (C=O) groups excluding carboxylic acids is 2. The van der Waals surface area contributed by atoms with E-state index in [9.17, 15) is 9.59 Å². The van der Waals surface area contributed by atoms with Gasteiger partial charge in [-0.2, -0.15) is 0 Å². The summed E-state index contributed by atoms with van der Waals surface area (Å²) in [6.07, 6.45) is 1.58. The van der Waals surface area contributed by atoms with Gasteiger partial charge in [0.05, 0.1) is 6.04 Å². The molecule has 0 unspecified atom stereocenters. The number of rotatable bonds is 5. The summed E-state index contributed by atoms with van der Waals surface area (Å²) in [6, 6.07) is 8.29. The molecule has 1 N–H and O–H groups in total. The van der Waals surface area contributed by atoms with E-state index in [1.165, 1.54) is 11.1 Å². The third kappa shape index (κ3) is 4.87. The molecule has 0 spiro atoms. The van der Waals surface area contributed by atoms with Crippen LogP contribution in [0.4, 0.5) is 0 Å². The molecule has 2 heterocycles. The molecule has 6 heteroatoms. The molecule has 2 aliphatic rings. The highest BCUT2D eigenvalue weighted by molar-refractivity contribution is 5.82. The molecule has 2 aliphatic heterocycles. The summed E-state index contributed by atoms with van der Waals surface area (Å²) in [5, 5.41) is 3.13. The quantitative estimate of drug-likeness (QED) is 0.851. The van der Waals surface area contributed by atoms with Crippen molar-refractivity contribution in [2.45, 2.75) is 45.3 Å². The molecule has 2 fully saturated rings. The molecule has 0 saturated carbocycles. The number of amides is 2. The van der Waals surface area contributed by atoms with E-state index in [2.05, 4.69) is 41.4 Å². The lowest BCUT2D eigenvalue weighted by Crippen LogP contribution is -2.62. The van der Waals surface area contributed by atoms with E-state index in [0.717, 1.165) is 12.8 Å². The van der Waals surface area contributed by atoms with Gasteiger partial charge in [-0.15, -0.1) is 0 Å². The van der Waals surface area contributed by atoms with E-state index in [1.807, 2.05) is 14.0 Å². The third-order valence-electron chi connectivity index (χ3n) is 5.74. The fourth-order valence-corrected chi connectivity index (χ4v) is 4.08. The molecule has 1 aromatic carbocycles. The Morgan fingerprint density at radius 2 is 2.04 bits per heavy atom. The van der Waals surface area contributed by atoms with Gasteiger partial charge in [-0.3, -0.25) is 14.5 Å². The summed E-state index contributed by atoms with van der Waals surface area (Å²) < 4.78 is 5.34. The van der Waals surface area contributed by atoms with Crippen LogP contribution in [0.2, 0.25) is 0 Å². The smallest absolute Gasteiger partial charge is 0.239 e. The Hall–Kier alpha value is -1.92. The molecule has 0 aromatic heterocycles. The van der Waals surface area contributed by atoms with Crippen LogP contribution in [0.25, 0.3) is 0 Å². The van der Waals surface area contributed by atoms with Crippen LogP contribution in [-0.2, 0) is 20.9 Å². The topological polar surface area (TPSA) is 61.9 Å². The summed E-state index contributed by atoms with van der Waals surface area (Å²) in [7, 11) is 1.84. The molecule has 0 bridgehead atoms. The lowest BCUT2D eigenvalue weighted by atomic mass is 9.99. The number of hydrogen-bond acceptors (Lipinski definition) is 4. The second kappa shape index (κ2) is 8.85. The molecule has 2 amide bonds. The number of piperazine rings is 1. The molecule has 6 nitrogen and oxygen atoms in total. The van der Waals surface area contributed by atoms with Crippen LogP contribution in [0.15, 0.2) is 24.3 Å². The zero-order valence-corrected chi connectivity index (χ0v) is 16.6. The van der Waals surface area contributed by atoms with Crippen molar-refractivity contribution in [2.75, 3.05) is 33.4 Å². The third-order valence-corrected chi connectivity index (χ3v) is 5.74. The highest BCUT2D eigenvalue weighted by Crippen LogP contribution is 2.20. The van der Waals surface area contributed by atoms with Crippen molar-refractivity contribution < 1.29 is 14.3 Å². The van der Waals surface area contributed by atoms with E-state index in [-0.39, 0.29) is 29.8 Å². The minimum absolute atomic E-state index is 0.0457. The monoisotopic (exact) mass is 373 g/mol. The first-order valence-electron chi connectivity index (χ1n) is 9.87. The largest absolute Gasteiger partial charge is 0.381 e. The second-order valence-corrected chi connectivity index (χ2v) is 7.84. The summed E-state index contributed by atoms with van der Waals surface area (Å²) in [6.45, 7) is 7.26. The Labute approximate surface area is 161 Å². The summed E-state index contributed by atoms with van der Waals surface area (Å²) >= 11 is 0. The predicted octanol–water partition coefficient (Wildman–Crippen LogP) is 1.57. The van der Waals surface area contributed by atoms with Crippen molar-refractivity contribution in [1.82, 2.24) is 15.1 Å². The molecule has 27 heavy (non-hydrogen) atoms. The van der Waals surface area contributed by atoms with E-state index < -0.39 is 0 Å². The first-order chi connectivity index (χ1) is 13.0. The van der Waals surface area contributed by atoms with Crippen LogP contribution >= 0.6 is 0 Å². The van der Waals surface area contributed by atoms with Crippen molar-refractivity contribution in [3.05, 3.63) is 35.4 Å². The van der Waals surface area contributed by atoms with Gasteiger partial charge in [-0.25, -0.2) is 0 Å². The summed E-state index contributed by atoms with van der Waals surface area (Å²) in [5.74, 6) is 0.292. The van der Waals surface area contributed by atoms with Gasteiger partial charge in [0, 0.05) is 51.9 Å². The SMILES string of the molecule is Cc1cccc(CN2[C@H](CNC(=O)C3CCOCC3)CN(C)C(=O)[C@@H]2C)c1. The lowest BCUT2D eigenvalue weighted by molar-refractivity contribution is -0.143. The molecule has 1 aromatic rings. The number of nitrogens with zero attached hydrogens (tertiary/aromatic N) is 2. The van der Waals surface area contributed by atoms with E-state index in [0.29, 0.717) is 32.8 Å². The number of carbonyl (C=O) groups is 2. The van der Waals surface area contributed by atoms with Crippen molar-refractivity contribution >= 4 is 11.8 Å². The Balaban J connectivity index is 1.67. The van der Waals surface area contributed by atoms with Crippen LogP contribution in [0.1, 0.15) is 30.9 Å². The first-order valence-corrected chi connectivity index (χ1v) is 9.87. The maximum absolute atomic E-state index is 12.5. The minimum atomic E-state index is -0.200. The van der Waals surface area contributed by atoms with Gasteiger partial charge >= 0.3 is 0 Å². The maximum Gasteiger partial charge on any atom is 0.239 e. The van der Waals surface area contributed by atoms with Crippen molar-refractivity contribution in [3.8, 4) is 0 Å². The van der Waals surface area contributed by atoms with Crippen LogP contribution in [-0.4, -0.2) is 67.0 Å². The fourth-order valence-electron chi connectivity index (χ4n) is 4.08. The number of nitrogens with one attached hydrogen (secondary N) is 1. The van der Waals surface area contributed by atoms with Gasteiger partial charge in [0.15, 0.2) is 0 Å². The average molecular weight is 373 g/mol. The van der Waals surface area contributed by atoms with E-state index in [4.69, 9.17) is 4.74 Å². The molecule has 2 saturated heterocycles.